The van der Waals surface area contributed by atoms with Crippen LogP contribution in [0.25, 0.3) is 0 Å². The number of thioether (sulfide) groups is 1. The zero-order valence-electron chi connectivity index (χ0n) is 7.01. The molecule has 0 radical (unpaired) electrons. The van der Waals surface area contributed by atoms with E-state index in [1.54, 1.807) is 6.92 Å². The summed E-state index contributed by atoms with van der Waals surface area (Å²) in [5.74, 6) is 0.610. The second-order valence-electron chi connectivity index (χ2n) is 2.54. The number of hydrogen-bond acceptors (Lipinski definition) is 2. The third kappa shape index (κ3) is 3.33. The molecule has 1 aromatic carbocycles. The number of Topliss-reactive ketones (excluding diaryl/α,β-unsaturated/α-hetero) is 1. The molecule has 0 heterocycles. The van der Waals surface area contributed by atoms with Crippen molar-refractivity contribution >= 4 is 45.1 Å². The maximum Gasteiger partial charge on any atom is 0.140 e. The van der Waals surface area contributed by atoms with Crippen molar-refractivity contribution in [3.05, 3.63) is 27.7 Å². The molecule has 0 aliphatic heterocycles. The third-order valence-corrected chi connectivity index (χ3v) is 3.97. The molecule has 0 saturated carbocycles. The zero-order valence-corrected chi connectivity index (χ0v) is 10.2. The van der Waals surface area contributed by atoms with Crippen LogP contribution in [0, 0.1) is 0 Å². The molecule has 1 rings (SSSR count). The molecule has 0 aromatic heterocycles. The predicted molar refractivity (Wildman–Crippen MR) is 60.6 cm³/mol. The topological polar surface area (TPSA) is 17.1 Å². The lowest BCUT2D eigenvalue weighted by Gasteiger charge is -2.04. The smallest absolute Gasteiger partial charge is 0.140 e. The molecule has 0 atom stereocenters. The van der Waals surface area contributed by atoms with Gasteiger partial charge in [0.15, 0.2) is 0 Å². The van der Waals surface area contributed by atoms with Gasteiger partial charge >= 0.3 is 0 Å². The Balaban J connectivity index is 2.81. The van der Waals surface area contributed by atoms with Gasteiger partial charge in [0.05, 0.1) is 10.8 Å². The van der Waals surface area contributed by atoms with E-state index in [0.717, 1.165) is 9.37 Å². The quantitative estimate of drug-likeness (QED) is 0.783. The van der Waals surface area contributed by atoms with Crippen LogP contribution in [0.15, 0.2) is 27.6 Å². The number of benzene rings is 1. The van der Waals surface area contributed by atoms with Crippen LogP contribution in [0.3, 0.4) is 0 Å². The molecule has 1 nitrogen and oxygen atoms in total. The molecule has 0 unspecified atom stereocenters. The fourth-order valence-electron chi connectivity index (χ4n) is 0.794. The van der Waals surface area contributed by atoms with Crippen LogP contribution in [0.2, 0.25) is 5.02 Å². The first-order chi connectivity index (χ1) is 6.11. The molecule has 0 saturated heterocycles. The lowest BCUT2D eigenvalue weighted by molar-refractivity contribution is -0.114. The van der Waals surface area contributed by atoms with Crippen LogP contribution >= 0.6 is 39.3 Å². The average molecular weight is 280 g/mol. The summed E-state index contributed by atoms with van der Waals surface area (Å²) in [5, 5.41) is 0.681. The zero-order chi connectivity index (χ0) is 9.84. The Labute approximate surface area is 95.0 Å². The highest BCUT2D eigenvalue weighted by Crippen LogP contribution is 2.33. The highest BCUT2D eigenvalue weighted by molar-refractivity contribution is 9.10. The van der Waals surface area contributed by atoms with E-state index in [-0.39, 0.29) is 5.78 Å². The van der Waals surface area contributed by atoms with Gasteiger partial charge in [-0.2, -0.15) is 0 Å². The van der Waals surface area contributed by atoms with Crippen molar-refractivity contribution in [3.63, 3.8) is 0 Å². The third-order valence-electron chi connectivity index (χ3n) is 1.34. The number of ketones is 1. The van der Waals surface area contributed by atoms with Gasteiger partial charge in [-0.1, -0.05) is 17.7 Å². The van der Waals surface area contributed by atoms with E-state index in [4.69, 9.17) is 11.6 Å². The molecular formula is C9H8BrClOS. The van der Waals surface area contributed by atoms with Gasteiger partial charge in [-0.15, -0.1) is 11.8 Å². The van der Waals surface area contributed by atoms with Crippen molar-refractivity contribution in [2.75, 3.05) is 5.75 Å². The molecule has 0 aliphatic rings. The SMILES string of the molecule is CC(=O)CSc1c(Cl)cccc1Br. The fourth-order valence-corrected chi connectivity index (χ4v) is 2.72. The summed E-state index contributed by atoms with van der Waals surface area (Å²) in [4.78, 5) is 11.7. The molecule has 70 valence electrons. The van der Waals surface area contributed by atoms with Crippen molar-refractivity contribution in [2.45, 2.75) is 11.8 Å². The van der Waals surface area contributed by atoms with Crippen molar-refractivity contribution in [1.82, 2.24) is 0 Å². The molecule has 0 spiro atoms. The normalized spacial score (nSPS) is 10.1. The monoisotopic (exact) mass is 278 g/mol. The minimum atomic E-state index is 0.150. The highest BCUT2D eigenvalue weighted by atomic mass is 79.9. The Morgan fingerprint density at radius 2 is 2.31 bits per heavy atom. The Kier molecular flexibility index (Phi) is 4.29. The van der Waals surface area contributed by atoms with Gasteiger partial charge < -0.3 is 0 Å². The summed E-state index contributed by atoms with van der Waals surface area (Å²) < 4.78 is 0.936. The number of carbonyl (C=O) groups excluding carboxylic acids is 1. The molecule has 13 heavy (non-hydrogen) atoms. The lowest BCUT2D eigenvalue weighted by atomic mass is 10.4. The number of hydrogen-bond donors (Lipinski definition) is 0. The Hall–Kier alpha value is 0.01000. The molecule has 0 N–H and O–H groups in total. The molecule has 4 heteroatoms. The fraction of sp³-hybridized carbons (Fsp3) is 0.222. The molecule has 0 amide bonds. The maximum absolute atomic E-state index is 10.8. The molecule has 0 aliphatic carbocycles. The first kappa shape index (κ1) is 11.1. The van der Waals surface area contributed by atoms with Crippen LogP contribution in [0.1, 0.15) is 6.92 Å². The van der Waals surface area contributed by atoms with Crippen molar-refractivity contribution in [2.24, 2.45) is 0 Å². The Bertz CT molecular complexity index is 307. The second kappa shape index (κ2) is 5.03. The molecule has 0 fully saturated rings. The van der Waals surface area contributed by atoms with Gasteiger partial charge in [0.2, 0.25) is 0 Å². The van der Waals surface area contributed by atoms with E-state index in [2.05, 4.69) is 15.9 Å². The number of carbonyl (C=O) groups is 1. The Morgan fingerprint density at radius 1 is 1.62 bits per heavy atom. The summed E-state index contributed by atoms with van der Waals surface area (Å²) in [6.45, 7) is 1.57. The summed E-state index contributed by atoms with van der Waals surface area (Å²) >= 11 is 10.8. The standard InChI is InChI=1S/C9H8BrClOS/c1-6(12)5-13-9-7(10)3-2-4-8(9)11/h2-4H,5H2,1H3. The maximum atomic E-state index is 10.8. The van der Waals surface area contributed by atoms with E-state index >= 15 is 0 Å². The van der Waals surface area contributed by atoms with Crippen LogP contribution in [0.5, 0.6) is 0 Å². The van der Waals surface area contributed by atoms with Gasteiger partial charge in [-0.3, -0.25) is 4.79 Å². The van der Waals surface area contributed by atoms with Crippen molar-refractivity contribution in [1.29, 1.82) is 0 Å². The molecular weight excluding hydrogens is 272 g/mol. The van der Waals surface area contributed by atoms with Crippen LogP contribution < -0.4 is 0 Å². The van der Waals surface area contributed by atoms with Crippen molar-refractivity contribution < 1.29 is 4.79 Å². The average Bonchev–Trinajstić information content (AvgIpc) is 2.03. The first-order valence-electron chi connectivity index (χ1n) is 3.67. The van der Waals surface area contributed by atoms with Crippen LogP contribution in [-0.4, -0.2) is 11.5 Å². The predicted octanol–water partition coefficient (Wildman–Crippen LogP) is 3.78. The van der Waals surface area contributed by atoms with E-state index < -0.39 is 0 Å². The summed E-state index contributed by atoms with van der Waals surface area (Å²) in [7, 11) is 0. The largest absolute Gasteiger partial charge is 0.299 e. The summed E-state index contributed by atoms with van der Waals surface area (Å²) in [5.41, 5.74) is 0. The van der Waals surface area contributed by atoms with E-state index in [1.165, 1.54) is 11.8 Å². The molecule has 1 aromatic rings. The Morgan fingerprint density at radius 3 is 2.85 bits per heavy atom. The summed E-state index contributed by atoms with van der Waals surface area (Å²) in [6.07, 6.45) is 0. The van der Waals surface area contributed by atoms with Crippen LogP contribution in [0.4, 0.5) is 0 Å². The van der Waals surface area contributed by atoms with E-state index in [0.29, 0.717) is 10.8 Å². The lowest BCUT2D eigenvalue weighted by Crippen LogP contribution is -1.93. The number of halogens is 2. The van der Waals surface area contributed by atoms with Crippen molar-refractivity contribution in [3.8, 4) is 0 Å². The number of rotatable bonds is 3. The second-order valence-corrected chi connectivity index (χ2v) is 4.79. The van der Waals surface area contributed by atoms with E-state index in [9.17, 15) is 4.79 Å². The molecule has 0 bridgehead atoms. The van der Waals surface area contributed by atoms with E-state index in [1.807, 2.05) is 18.2 Å². The minimum Gasteiger partial charge on any atom is -0.299 e. The summed E-state index contributed by atoms with van der Waals surface area (Å²) in [6, 6.07) is 5.59. The van der Waals surface area contributed by atoms with Gasteiger partial charge in [0.1, 0.15) is 5.78 Å². The van der Waals surface area contributed by atoms with Gasteiger partial charge in [-0.05, 0) is 35.0 Å². The highest BCUT2D eigenvalue weighted by Gasteiger charge is 2.06. The minimum absolute atomic E-state index is 0.150. The van der Waals surface area contributed by atoms with Gasteiger partial charge in [-0.25, -0.2) is 0 Å². The van der Waals surface area contributed by atoms with Gasteiger partial charge in [0, 0.05) is 9.37 Å². The first-order valence-corrected chi connectivity index (χ1v) is 5.83. The van der Waals surface area contributed by atoms with Crippen LogP contribution in [-0.2, 0) is 4.79 Å². The van der Waals surface area contributed by atoms with Gasteiger partial charge in [0.25, 0.3) is 0 Å².